The molecule has 1 heterocycles. The SMILES string of the molecule is C[C@H](C(=O)Nc1ccccc1F)N1CCN(c2ccc(O)cc2)CC1. The van der Waals surface area contributed by atoms with Gasteiger partial charge < -0.3 is 15.3 Å². The minimum atomic E-state index is -0.430. The van der Waals surface area contributed by atoms with E-state index in [1.54, 1.807) is 30.3 Å². The van der Waals surface area contributed by atoms with E-state index >= 15 is 0 Å². The number of piperazine rings is 1. The van der Waals surface area contributed by atoms with E-state index in [0.29, 0.717) is 0 Å². The highest BCUT2D eigenvalue weighted by molar-refractivity contribution is 5.94. The van der Waals surface area contributed by atoms with Gasteiger partial charge in [0.05, 0.1) is 11.7 Å². The predicted octanol–water partition coefficient (Wildman–Crippen LogP) is 2.68. The van der Waals surface area contributed by atoms with Crippen LogP contribution in [0.3, 0.4) is 0 Å². The second-order valence-corrected chi connectivity index (χ2v) is 6.18. The summed E-state index contributed by atoms with van der Waals surface area (Å²) in [6, 6.07) is 13.0. The first-order valence-electron chi connectivity index (χ1n) is 8.38. The summed E-state index contributed by atoms with van der Waals surface area (Å²) in [6.07, 6.45) is 0. The Balaban J connectivity index is 1.56. The van der Waals surface area contributed by atoms with Crippen molar-refractivity contribution in [3.8, 4) is 5.75 Å². The van der Waals surface area contributed by atoms with Gasteiger partial charge in [0, 0.05) is 31.9 Å². The number of nitrogens with one attached hydrogen (secondary N) is 1. The van der Waals surface area contributed by atoms with Crippen molar-refractivity contribution in [1.29, 1.82) is 0 Å². The quantitative estimate of drug-likeness (QED) is 0.896. The number of phenolic OH excluding ortho intramolecular Hbond substituents is 1. The summed E-state index contributed by atoms with van der Waals surface area (Å²) in [7, 11) is 0. The van der Waals surface area contributed by atoms with Crippen LogP contribution in [0.4, 0.5) is 15.8 Å². The van der Waals surface area contributed by atoms with Crippen LogP contribution in [0, 0.1) is 5.82 Å². The van der Waals surface area contributed by atoms with E-state index < -0.39 is 5.82 Å². The normalized spacial score (nSPS) is 16.5. The van der Waals surface area contributed by atoms with Gasteiger partial charge in [-0.25, -0.2) is 4.39 Å². The van der Waals surface area contributed by atoms with E-state index in [2.05, 4.69) is 15.1 Å². The zero-order valence-electron chi connectivity index (χ0n) is 14.2. The van der Waals surface area contributed by atoms with Crippen molar-refractivity contribution in [1.82, 2.24) is 4.90 Å². The summed E-state index contributed by atoms with van der Waals surface area (Å²) in [5.74, 6) is -0.385. The molecule has 1 fully saturated rings. The van der Waals surface area contributed by atoms with Crippen LogP contribution in [0.25, 0.3) is 0 Å². The average molecular weight is 343 g/mol. The highest BCUT2D eigenvalue weighted by atomic mass is 19.1. The number of hydrogen-bond donors (Lipinski definition) is 2. The van der Waals surface area contributed by atoms with Crippen LogP contribution in [-0.2, 0) is 4.79 Å². The van der Waals surface area contributed by atoms with Gasteiger partial charge in [-0.05, 0) is 43.3 Å². The molecule has 1 saturated heterocycles. The highest BCUT2D eigenvalue weighted by Crippen LogP contribution is 2.21. The molecule has 3 rings (SSSR count). The van der Waals surface area contributed by atoms with Gasteiger partial charge in [0.2, 0.25) is 5.91 Å². The van der Waals surface area contributed by atoms with Crippen LogP contribution in [-0.4, -0.2) is 48.1 Å². The Morgan fingerprint density at radius 3 is 2.36 bits per heavy atom. The highest BCUT2D eigenvalue weighted by Gasteiger charge is 2.26. The van der Waals surface area contributed by atoms with Crippen LogP contribution in [0.5, 0.6) is 5.75 Å². The number of benzene rings is 2. The Morgan fingerprint density at radius 1 is 1.08 bits per heavy atom. The molecule has 1 atom stereocenters. The number of carbonyl (C=O) groups is 1. The standard InChI is InChI=1S/C19H22FN3O2/c1-14(19(25)21-18-5-3-2-4-17(18)20)22-10-12-23(13-11-22)15-6-8-16(24)9-7-15/h2-9,14,24H,10-13H2,1H3,(H,21,25)/t14-/m1/s1. The van der Waals surface area contributed by atoms with Crippen molar-refractivity contribution >= 4 is 17.3 Å². The van der Waals surface area contributed by atoms with Gasteiger partial charge in [-0.2, -0.15) is 0 Å². The molecule has 1 aliphatic rings. The van der Waals surface area contributed by atoms with Gasteiger partial charge in [-0.3, -0.25) is 9.69 Å². The Kier molecular flexibility index (Phi) is 5.19. The first-order valence-corrected chi connectivity index (χ1v) is 8.38. The number of aromatic hydroxyl groups is 1. The maximum Gasteiger partial charge on any atom is 0.241 e. The van der Waals surface area contributed by atoms with Gasteiger partial charge >= 0.3 is 0 Å². The molecule has 0 spiro atoms. The average Bonchev–Trinajstić information content (AvgIpc) is 2.64. The number of para-hydroxylation sites is 1. The van der Waals surface area contributed by atoms with Crippen molar-refractivity contribution in [2.45, 2.75) is 13.0 Å². The van der Waals surface area contributed by atoms with Crippen molar-refractivity contribution < 1.29 is 14.3 Å². The third-order valence-electron chi connectivity index (χ3n) is 4.59. The Hall–Kier alpha value is -2.60. The monoisotopic (exact) mass is 343 g/mol. The molecule has 1 aliphatic heterocycles. The largest absolute Gasteiger partial charge is 0.508 e. The van der Waals surface area contributed by atoms with Crippen LogP contribution in [0.2, 0.25) is 0 Å². The fraction of sp³-hybridized carbons (Fsp3) is 0.316. The fourth-order valence-electron chi connectivity index (χ4n) is 3.00. The summed E-state index contributed by atoms with van der Waals surface area (Å²) in [4.78, 5) is 16.7. The summed E-state index contributed by atoms with van der Waals surface area (Å²) < 4.78 is 13.7. The molecule has 132 valence electrons. The Morgan fingerprint density at radius 2 is 1.72 bits per heavy atom. The molecule has 0 unspecified atom stereocenters. The van der Waals surface area contributed by atoms with Gasteiger partial charge in [0.25, 0.3) is 0 Å². The second-order valence-electron chi connectivity index (χ2n) is 6.18. The lowest BCUT2D eigenvalue weighted by Gasteiger charge is -2.38. The van der Waals surface area contributed by atoms with E-state index in [1.807, 2.05) is 19.1 Å². The van der Waals surface area contributed by atoms with Gasteiger partial charge in [-0.15, -0.1) is 0 Å². The zero-order valence-corrected chi connectivity index (χ0v) is 14.2. The van der Waals surface area contributed by atoms with Crippen LogP contribution < -0.4 is 10.2 Å². The minimum absolute atomic E-state index is 0.205. The Labute approximate surface area is 146 Å². The van der Waals surface area contributed by atoms with E-state index in [0.717, 1.165) is 31.9 Å². The first kappa shape index (κ1) is 17.2. The molecule has 0 radical (unpaired) electrons. The molecular weight excluding hydrogens is 321 g/mol. The number of carbonyl (C=O) groups excluding carboxylic acids is 1. The Bertz CT molecular complexity index is 728. The van der Waals surface area contributed by atoms with Gasteiger partial charge in [-0.1, -0.05) is 12.1 Å². The summed E-state index contributed by atoms with van der Waals surface area (Å²) in [5.41, 5.74) is 1.27. The lowest BCUT2D eigenvalue weighted by molar-refractivity contribution is -0.120. The first-order chi connectivity index (χ1) is 12.0. The number of amides is 1. The molecule has 2 aromatic rings. The molecule has 0 saturated carbocycles. The number of halogens is 1. The molecular formula is C19H22FN3O2. The summed E-state index contributed by atoms with van der Waals surface area (Å²) >= 11 is 0. The molecule has 5 nitrogen and oxygen atoms in total. The molecule has 0 aromatic heterocycles. The number of nitrogens with zero attached hydrogens (tertiary/aromatic N) is 2. The molecule has 0 aliphatic carbocycles. The number of anilines is 2. The van der Waals surface area contributed by atoms with Gasteiger partial charge in [0.15, 0.2) is 0 Å². The lowest BCUT2D eigenvalue weighted by Crippen LogP contribution is -2.52. The number of hydrogen-bond acceptors (Lipinski definition) is 4. The number of rotatable bonds is 4. The molecule has 25 heavy (non-hydrogen) atoms. The molecule has 2 aromatic carbocycles. The second kappa shape index (κ2) is 7.53. The maximum atomic E-state index is 13.7. The van der Waals surface area contributed by atoms with Crippen LogP contribution >= 0.6 is 0 Å². The topological polar surface area (TPSA) is 55.8 Å². The van der Waals surface area contributed by atoms with E-state index in [-0.39, 0.29) is 23.4 Å². The van der Waals surface area contributed by atoms with Crippen molar-refractivity contribution in [2.24, 2.45) is 0 Å². The lowest BCUT2D eigenvalue weighted by atomic mass is 10.2. The molecule has 1 amide bonds. The van der Waals surface area contributed by atoms with E-state index in [4.69, 9.17) is 0 Å². The zero-order chi connectivity index (χ0) is 17.8. The van der Waals surface area contributed by atoms with E-state index in [1.165, 1.54) is 6.07 Å². The van der Waals surface area contributed by atoms with E-state index in [9.17, 15) is 14.3 Å². The summed E-state index contributed by atoms with van der Waals surface area (Å²) in [5, 5.41) is 12.0. The maximum absolute atomic E-state index is 13.7. The van der Waals surface area contributed by atoms with Crippen LogP contribution in [0.1, 0.15) is 6.92 Å². The minimum Gasteiger partial charge on any atom is -0.508 e. The van der Waals surface area contributed by atoms with Gasteiger partial charge in [0.1, 0.15) is 11.6 Å². The van der Waals surface area contributed by atoms with Crippen LogP contribution in [0.15, 0.2) is 48.5 Å². The molecule has 6 heteroatoms. The predicted molar refractivity (Wildman–Crippen MR) is 96.4 cm³/mol. The third-order valence-corrected chi connectivity index (χ3v) is 4.59. The van der Waals surface area contributed by atoms with Crippen molar-refractivity contribution in [2.75, 3.05) is 36.4 Å². The smallest absolute Gasteiger partial charge is 0.241 e. The summed E-state index contributed by atoms with van der Waals surface area (Å²) in [6.45, 7) is 4.91. The van der Waals surface area contributed by atoms with Crippen molar-refractivity contribution in [3.63, 3.8) is 0 Å². The third kappa shape index (κ3) is 4.09. The molecule has 0 bridgehead atoms. The molecule has 2 N–H and O–H groups in total. The van der Waals surface area contributed by atoms with Crippen molar-refractivity contribution in [3.05, 3.63) is 54.3 Å². The fourth-order valence-corrected chi connectivity index (χ4v) is 3.00. The number of phenols is 1.